The molecule has 0 bridgehead atoms. The molecule has 2 heterocycles. The van der Waals surface area contributed by atoms with Crippen LogP contribution in [0.2, 0.25) is 5.02 Å². The summed E-state index contributed by atoms with van der Waals surface area (Å²) in [6, 6.07) is 8.41. The molecule has 0 fully saturated rings. The van der Waals surface area contributed by atoms with E-state index in [1.165, 1.54) is 18.2 Å². The van der Waals surface area contributed by atoms with Crippen LogP contribution < -0.4 is 0 Å². The Morgan fingerprint density at radius 2 is 1.85 bits per heavy atom. The third kappa shape index (κ3) is 3.58. The van der Waals surface area contributed by atoms with Crippen LogP contribution >= 0.6 is 11.6 Å². The maximum absolute atomic E-state index is 12.7. The minimum Gasteiger partial charge on any atom is -0.291 e. The summed E-state index contributed by atoms with van der Waals surface area (Å²) >= 11 is 5.85. The Labute approximate surface area is 150 Å². The van der Waals surface area contributed by atoms with Gasteiger partial charge in [-0.1, -0.05) is 23.7 Å². The zero-order valence-corrected chi connectivity index (χ0v) is 14.4. The van der Waals surface area contributed by atoms with E-state index in [1.54, 1.807) is 6.07 Å². The fourth-order valence-corrected chi connectivity index (χ4v) is 4.12. The minimum atomic E-state index is -4.54. The first-order valence-corrected chi connectivity index (χ1v) is 9.18. The molecule has 0 spiro atoms. The highest BCUT2D eigenvalue weighted by molar-refractivity contribution is 7.92. The van der Waals surface area contributed by atoms with Crippen LogP contribution in [0.1, 0.15) is 16.1 Å². The van der Waals surface area contributed by atoms with Crippen LogP contribution in [0.4, 0.5) is 13.2 Å². The van der Waals surface area contributed by atoms with Gasteiger partial charge in [-0.05, 0) is 30.3 Å². The van der Waals surface area contributed by atoms with Gasteiger partial charge in [0.2, 0.25) is 0 Å². The van der Waals surface area contributed by atoms with Crippen molar-refractivity contribution in [1.29, 1.82) is 0 Å². The molecule has 26 heavy (non-hydrogen) atoms. The number of carbonyl (C=O) groups is 1. The van der Waals surface area contributed by atoms with E-state index in [0.29, 0.717) is 0 Å². The molecule has 0 atom stereocenters. The molecular formula is C16H10ClF3N2O3S. The van der Waals surface area contributed by atoms with Crippen molar-refractivity contribution in [3.63, 3.8) is 0 Å². The number of rotatable bonds is 4. The lowest BCUT2D eigenvalue weighted by atomic mass is 10.2. The highest BCUT2D eigenvalue weighted by Crippen LogP contribution is 2.30. The molecule has 0 aliphatic carbocycles. The topological polar surface area (TPSA) is 68.5 Å². The quantitative estimate of drug-likeness (QED) is 0.624. The van der Waals surface area contributed by atoms with Crippen LogP contribution in [0.5, 0.6) is 0 Å². The zero-order valence-electron chi connectivity index (χ0n) is 12.9. The van der Waals surface area contributed by atoms with Crippen molar-refractivity contribution < 1.29 is 26.4 Å². The summed E-state index contributed by atoms with van der Waals surface area (Å²) in [5, 5.41) is 3.82. The van der Waals surface area contributed by atoms with E-state index in [4.69, 9.17) is 11.6 Å². The normalized spacial score (nSPS) is 12.5. The van der Waals surface area contributed by atoms with Crippen LogP contribution in [0, 0.1) is 0 Å². The van der Waals surface area contributed by atoms with Crippen LogP contribution in [0.25, 0.3) is 5.52 Å². The van der Waals surface area contributed by atoms with Gasteiger partial charge in [-0.25, -0.2) is 12.9 Å². The zero-order chi connectivity index (χ0) is 19.1. The van der Waals surface area contributed by atoms with Gasteiger partial charge in [0.15, 0.2) is 15.6 Å². The second kappa shape index (κ2) is 6.40. The number of hydrogen-bond acceptors (Lipinski definition) is 4. The summed E-state index contributed by atoms with van der Waals surface area (Å²) in [6.45, 7) is 0. The van der Waals surface area contributed by atoms with Gasteiger partial charge >= 0.3 is 6.18 Å². The Kier molecular flexibility index (Phi) is 4.53. The number of ketones is 1. The third-order valence-corrected chi connectivity index (χ3v) is 5.68. The molecular weight excluding hydrogens is 393 g/mol. The molecule has 0 unspecified atom stereocenters. The Morgan fingerprint density at radius 1 is 1.15 bits per heavy atom. The maximum Gasteiger partial charge on any atom is 0.416 e. The number of carbonyl (C=O) groups excluding carboxylic acids is 1. The van der Waals surface area contributed by atoms with Gasteiger partial charge < -0.3 is 0 Å². The van der Waals surface area contributed by atoms with Gasteiger partial charge in [0.25, 0.3) is 0 Å². The molecule has 0 N–H and O–H groups in total. The predicted octanol–water partition coefficient (Wildman–Crippen LogP) is 3.66. The SMILES string of the molecule is O=C(CS(=O)(=O)c1ccccc1Cl)c1cc2cc(C(F)(F)F)ccn2n1. The standard InChI is InChI=1S/C16H10ClF3N2O3S/c17-12-3-1-2-4-15(12)26(24,25)9-14(23)13-8-11-7-10(16(18,19)20)5-6-22(11)21-13/h1-8H,9H2. The molecule has 1 aromatic carbocycles. The van der Waals surface area contributed by atoms with Crippen molar-refractivity contribution in [2.75, 3.05) is 5.75 Å². The Hall–Kier alpha value is -2.39. The number of halogens is 4. The van der Waals surface area contributed by atoms with E-state index in [-0.39, 0.29) is 21.1 Å². The highest BCUT2D eigenvalue weighted by Gasteiger charge is 2.31. The van der Waals surface area contributed by atoms with Crippen LogP contribution in [-0.2, 0) is 16.0 Å². The number of sulfone groups is 1. The summed E-state index contributed by atoms with van der Waals surface area (Å²) < 4.78 is 64.0. The lowest BCUT2D eigenvalue weighted by Gasteiger charge is -2.05. The monoisotopic (exact) mass is 402 g/mol. The van der Waals surface area contributed by atoms with Crippen molar-refractivity contribution >= 4 is 32.7 Å². The summed E-state index contributed by atoms with van der Waals surface area (Å²) in [7, 11) is -4.02. The molecule has 0 aliphatic rings. The molecule has 0 aliphatic heterocycles. The number of pyridine rings is 1. The summed E-state index contributed by atoms with van der Waals surface area (Å²) in [5.41, 5.74) is -1.12. The van der Waals surface area contributed by atoms with E-state index < -0.39 is 33.1 Å². The molecule has 0 amide bonds. The lowest BCUT2D eigenvalue weighted by Crippen LogP contribution is -2.17. The Balaban J connectivity index is 1.92. The molecule has 3 aromatic rings. The van der Waals surface area contributed by atoms with Crippen LogP contribution in [-0.4, -0.2) is 29.6 Å². The fraction of sp³-hybridized carbons (Fsp3) is 0.125. The van der Waals surface area contributed by atoms with Gasteiger partial charge in [0.05, 0.1) is 21.0 Å². The van der Waals surface area contributed by atoms with Gasteiger partial charge in [0, 0.05) is 6.20 Å². The second-order valence-electron chi connectivity index (χ2n) is 5.42. The molecule has 0 radical (unpaired) electrons. The van der Waals surface area contributed by atoms with E-state index in [2.05, 4.69) is 5.10 Å². The number of nitrogens with zero attached hydrogens (tertiary/aromatic N) is 2. The minimum absolute atomic E-state index is 0.0230. The first kappa shape index (κ1) is 18.4. The van der Waals surface area contributed by atoms with Gasteiger partial charge in [0.1, 0.15) is 11.4 Å². The molecule has 3 rings (SSSR count). The van der Waals surface area contributed by atoms with Crippen LogP contribution in [0.3, 0.4) is 0 Å². The summed E-state index contributed by atoms with van der Waals surface area (Å²) in [4.78, 5) is 12.1. The third-order valence-electron chi connectivity index (χ3n) is 3.57. The van der Waals surface area contributed by atoms with Crippen molar-refractivity contribution in [2.45, 2.75) is 11.1 Å². The summed E-state index contributed by atoms with van der Waals surface area (Å²) in [6.07, 6.45) is -3.49. The van der Waals surface area contributed by atoms with Gasteiger partial charge in [-0.2, -0.15) is 18.3 Å². The number of hydrogen-bond donors (Lipinski definition) is 0. The van der Waals surface area contributed by atoms with Gasteiger partial charge in [-0.3, -0.25) is 4.79 Å². The molecule has 136 valence electrons. The van der Waals surface area contributed by atoms with E-state index in [9.17, 15) is 26.4 Å². The molecule has 0 saturated heterocycles. The number of Topliss-reactive ketones (excluding diaryl/α,β-unsaturated/α-hetero) is 1. The van der Waals surface area contributed by atoms with Crippen molar-refractivity contribution in [2.24, 2.45) is 0 Å². The number of fused-ring (bicyclic) bond motifs is 1. The smallest absolute Gasteiger partial charge is 0.291 e. The molecule has 5 nitrogen and oxygen atoms in total. The largest absolute Gasteiger partial charge is 0.416 e. The summed E-state index contributed by atoms with van der Waals surface area (Å²) in [5.74, 6) is -1.74. The maximum atomic E-state index is 12.7. The predicted molar refractivity (Wildman–Crippen MR) is 88.0 cm³/mol. The Bertz CT molecular complexity index is 1110. The number of benzene rings is 1. The van der Waals surface area contributed by atoms with Gasteiger partial charge in [-0.15, -0.1) is 0 Å². The van der Waals surface area contributed by atoms with Crippen LogP contribution in [0.15, 0.2) is 53.6 Å². The average molecular weight is 403 g/mol. The van der Waals surface area contributed by atoms with Crippen molar-refractivity contribution in [1.82, 2.24) is 9.61 Å². The number of aromatic nitrogens is 2. The van der Waals surface area contributed by atoms with E-state index in [1.807, 2.05) is 0 Å². The van der Waals surface area contributed by atoms with E-state index >= 15 is 0 Å². The Morgan fingerprint density at radius 3 is 2.50 bits per heavy atom. The second-order valence-corrected chi connectivity index (χ2v) is 7.79. The van der Waals surface area contributed by atoms with E-state index in [0.717, 1.165) is 28.9 Å². The lowest BCUT2D eigenvalue weighted by molar-refractivity contribution is -0.137. The fourth-order valence-electron chi connectivity index (χ4n) is 2.33. The number of alkyl halides is 3. The highest BCUT2D eigenvalue weighted by atomic mass is 35.5. The van der Waals surface area contributed by atoms with Crippen molar-refractivity contribution in [3.05, 3.63) is 64.9 Å². The average Bonchev–Trinajstić information content (AvgIpc) is 2.97. The first-order valence-electron chi connectivity index (χ1n) is 7.15. The first-order chi connectivity index (χ1) is 12.1. The molecule has 10 heteroatoms. The van der Waals surface area contributed by atoms with Crippen molar-refractivity contribution in [3.8, 4) is 0 Å². The molecule has 2 aromatic heterocycles. The molecule has 0 saturated carbocycles.